The first-order chi connectivity index (χ1) is 9.47. The molecule has 0 spiro atoms. The minimum Gasteiger partial charge on any atom is -0.390 e. The van der Waals surface area contributed by atoms with Crippen molar-refractivity contribution in [2.75, 3.05) is 6.61 Å². The Balaban J connectivity index is 1.71. The Morgan fingerprint density at radius 1 is 1.25 bits per heavy atom. The van der Waals surface area contributed by atoms with Gasteiger partial charge in [0, 0.05) is 12.5 Å². The molecular weight excluding hydrogens is 248 g/mol. The zero-order valence-electron chi connectivity index (χ0n) is 12.8. The maximum atomic E-state index is 10.2. The Kier molecular flexibility index (Phi) is 5.00. The number of hydrogen-bond acceptors (Lipinski definition) is 2. The molecule has 20 heavy (non-hydrogen) atoms. The molecule has 1 aliphatic carbocycles. The topological polar surface area (TPSA) is 29.5 Å². The number of ether oxygens (including phenoxy) is 1. The number of benzene rings is 1. The van der Waals surface area contributed by atoms with Crippen LogP contribution in [-0.4, -0.2) is 17.3 Å². The van der Waals surface area contributed by atoms with Crippen molar-refractivity contribution in [1.82, 2.24) is 0 Å². The third-order valence-electron chi connectivity index (χ3n) is 4.18. The van der Waals surface area contributed by atoms with E-state index in [9.17, 15) is 5.11 Å². The SMILES string of the molecule is CC1=CC(CCOCc2ccccc2)CC1C(C)(C)O. The zero-order chi connectivity index (χ0) is 14.6. The van der Waals surface area contributed by atoms with E-state index in [2.05, 4.69) is 25.1 Å². The van der Waals surface area contributed by atoms with Crippen molar-refractivity contribution in [3.05, 3.63) is 47.5 Å². The van der Waals surface area contributed by atoms with Crippen molar-refractivity contribution in [3.63, 3.8) is 0 Å². The summed E-state index contributed by atoms with van der Waals surface area (Å²) in [6, 6.07) is 10.3. The van der Waals surface area contributed by atoms with Gasteiger partial charge in [-0.2, -0.15) is 0 Å². The highest BCUT2D eigenvalue weighted by Gasteiger charge is 2.34. The average molecular weight is 274 g/mol. The summed E-state index contributed by atoms with van der Waals surface area (Å²) in [7, 11) is 0. The van der Waals surface area contributed by atoms with Gasteiger partial charge >= 0.3 is 0 Å². The highest BCUT2D eigenvalue weighted by atomic mass is 16.5. The van der Waals surface area contributed by atoms with Gasteiger partial charge in [-0.1, -0.05) is 42.0 Å². The van der Waals surface area contributed by atoms with Crippen molar-refractivity contribution < 1.29 is 9.84 Å². The van der Waals surface area contributed by atoms with Gasteiger partial charge in [0.25, 0.3) is 0 Å². The molecule has 2 nitrogen and oxygen atoms in total. The summed E-state index contributed by atoms with van der Waals surface area (Å²) >= 11 is 0. The molecule has 110 valence electrons. The highest BCUT2D eigenvalue weighted by molar-refractivity contribution is 5.17. The van der Waals surface area contributed by atoms with E-state index in [-0.39, 0.29) is 0 Å². The van der Waals surface area contributed by atoms with Crippen LogP contribution in [0.15, 0.2) is 42.0 Å². The normalized spacial score (nSPS) is 22.9. The Hall–Kier alpha value is -1.12. The molecule has 0 aromatic heterocycles. The van der Waals surface area contributed by atoms with Crippen LogP contribution in [0.5, 0.6) is 0 Å². The van der Waals surface area contributed by atoms with Crippen LogP contribution in [0, 0.1) is 11.8 Å². The molecular formula is C18H26O2. The molecule has 0 aliphatic heterocycles. The van der Waals surface area contributed by atoms with Gasteiger partial charge in [0.05, 0.1) is 12.2 Å². The second-order valence-electron chi connectivity index (χ2n) is 6.44. The van der Waals surface area contributed by atoms with Crippen LogP contribution in [0.2, 0.25) is 0 Å². The Bertz CT molecular complexity index is 442. The van der Waals surface area contributed by atoms with Gasteiger partial charge in [-0.15, -0.1) is 0 Å². The first-order valence-electron chi connectivity index (χ1n) is 7.49. The van der Waals surface area contributed by atoms with Crippen LogP contribution < -0.4 is 0 Å². The maximum absolute atomic E-state index is 10.2. The van der Waals surface area contributed by atoms with Gasteiger partial charge in [0.15, 0.2) is 0 Å². The fourth-order valence-corrected chi connectivity index (χ4v) is 3.09. The third-order valence-corrected chi connectivity index (χ3v) is 4.18. The summed E-state index contributed by atoms with van der Waals surface area (Å²) in [5.41, 5.74) is 1.94. The molecule has 0 fully saturated rings. The van der Waals surface area contributed by atoms with Crippen molar-refractivity contribution in [1.29, 1.82) is 0 Å². The molecule has 1 aromatic rings. The van der Waals surface area contributed by atoms with Gasteiger partial charge in [-0.05, 0) is 45.1 Å². The van der Waals surface area contributed by atoms with E-state index >= 15 is 0 Å². The second-order valence-corrected chi connectivity index (χ2v) is 6.44. The molecule has 2 heteroatoms. The lowest BCUT2D eigenvalue weighted by molar-refractivity contribution is 0.0276. The molecule has 2 atom stereocenters. The third kappa shape index (κ3) is 4.19. The molecule has 2 rings (SSSR count). The molecule has 1 aromatic carbocycles. The predicted molar refractivity (Wildman–Crippen MR) is 82.4 cm³/mol. The Labute approximate surface area is 122 Å². The summed E-state index contributed by atoms with van der Waals surface area (Å²) in [6.45, 7) is 7.41. The van der Waals surface area contributed by atoms with Crippen molar-refractivity contribution in [2.24, 2.45) is 11.8 Å². The lowest BCUT2D eigenvalue weighted by Crippen LogP contribution is -2.30. The fraction of sp³-hybridized carbons (Fsp3) is 0.556. The number of allylic oxidation sites excluding steroid dienone is 1. The van der Waals surface area contributed by atoms with E-state index in [0.717, 1.165) is 19.4 Å². The average Bonchev–Trinajstić information content (AvgIpc) is 2.77. The van der Waals surface area contributed by atoms with E-state index < -0.39 is 5.60 Å². The van der Waals surface area contributed by atoms with Crippen molar-refractivity contribution in [3.8, 4) is 0 Å². The van der Waals surface area contributed by atoms with E-state index in [0.29, 0.717) is 18.4 Å². The quantitative estimate of drug-likeness (QED) is 0.629. The number of rotatable bonds is 6. The smallest absolute Gasteiger partial charge is 0.0716 e. The van der Waals surface area contributed by atoms with Crippen LogP contribution >= 0.6 is 0 Å². The van der Waals surface area contributed by atoms with Gasteiger partial charge in [0.2, 0.25) is 0 Å². The van der Waals surface area contributed by atoms with E-state index in [1.165, 1.54) is 11.1 Å². The summed E-state index contributed by atoms with van der Waals surface area (Å²) < 4.78 is 5.75. The zero-order valence-corrected chi connectivity index (χ0v) is 12.8. The molecule has 0 saturated carbocycles. The van der Waals surface area contributed by atoms with Crippen LogP contribution in [-0.2, 0) is 11.3 Å². The van der Waals surface area contributed by atoms with Crippen LogP contribution in [0.3, 0.4) is 0 Å². The Morgan fingerprint density at radius 3 is 2.55 bits per heavy atom. The van der Waals surface area contributed by atoms with Crippen molar-refractivity contribution >= 4 is 0 Å². The van der Waals surface area contributed by atoms with Gasteiger partial charge in [-0.25, -0.2) is 0 Å². The van der Waals surface area contributed by atoms with Crippen LogP contribution in [0.25, 0.3) is 0 Å². The first-order valence-corrected chi connectivity index (χ1v) is 7.49. The van der Waals surface area contributed by atoms with E-state index in [4.69, 9.17) is 4.74 Å². The molecule has 0 saturated heterocycles. The second kappa shape index (κ2) is 6.55. The summed E-state index contributed by atoms with van der Waals surface area (Å²) in [5.74, 6) is 0.837. The highest BCUT2D eigenvalue weighted by Crippen LogP contribution is 2.38. The standard InChI is InChI=1S/C18H26O2/c1-14-11-16(12-17(14)18(2,3)19)9-10-20-13-15-7-5-4-6-8-15/h4-8,11,16-17,19H,9-10,12-13H2,1-3H3. The minimum atomic E-state index is -0.611. The fourth-order valence-electron chi connectivity index (χ4n) is 3.09. The maximum Gasteiger partial charge on any atom is 0.0716 e. The monoisotopic (exact) mass is 274 g/mol. The molecule has 0 radical (unpaired) electrons. The molecule has 0 amide bonds. The van der Waals surface area contributed by atoms with Gasteiger partial charge in [-0.3, -0.25) is 0 Å². The summed E-state index contributed by atoms with van der Waals surface area (Å²) in [5, 5.41) is 10.2. The van der Waals surface area contributed by atoms with Gasteiger partial charge in [0.1, 0.15) is 0 Å². The van der Waals surface area contributed by atoms with E-state index in [1.807, 2.05) is 32.0 Å². The lowest BCUT2D eigenvalue weighted by atomic mass is 9.85. The molecule has 2 unspecified atom stereocenters. The number of hydrogen-bond donors (Lipinski definition) is 1. The molecule has 1 N–H and O–H groups in total. The molecule has 0 bridgehead atoms. The van der Waals surface area contributed by atoms with E-state index in [1.54, 1.807) is 0 Å². The lowest BCUT2D eigenvalue weighted by Gasteiger charge is -2.27. The van der Waals surface area contributed by atoms with Crippen molar-refractivity contribution in [2.45, 2.75) is 45.8 Å². The first kappa shape index (κ1) is 15.3. The Morgan fingerprint density at radius 2 is 1.95 bits per heavy atom. The minimum absolute atomic E-state index is 0.293. The molecule has 1 aliphatic rings. The van der Waals surface area contributed by atoms with Gasteiger partial charge < -0.3 is 9.84 Å². The van der Waals surface area contributed by atoms with Crippen LogP contribution in [0.1, 0.15) is 39.2 Å². The van der Waals surface area contributed by atoms with Crippen LogP contribution in [0.4, 0.5) is 0 Å². The summed E-state index contributed by atoms with van der Waals surface area (Å²) in [6.07, 6.45) is 4.40. The largest absolute Gasteiger partial charge is 0.390 e. The summed E-state index contributed by atoms with van der Waals surface area (Å²) in [4.78, 5) is 0. The number of aliphatic hydroxyl groups is 1. The predicted octanol–water partition coefficient (Wildman–Crippen LogP) is 3.95. The molecule has 0 heterocycles.